The molecule has 5 nitrogen and oxygen atoms in total. The molecular weight excluding hydrogens is 334 g/mol. The van der Waals surface area contributed by atoms with Crippen LogP contribution in [0.15, 0.2) is 33.9 Å². The lowest BCUT2D eigenvalue weighted by atomic mass is 9.86. The molecule has 3 atom stereocenters. The van der Waals surface area contributed by atoms with Gasteiger partial charge in [-0.1, -0.05) is 49.2 Å². The summed E-state index contributed by atoms with van der Waals surface area (Å²) < 4.78 is 5.70. The van der Waals surface area contributed by atoms with Gasteiger partial charge in [0.2, 0.25) is 11.8 Å². The Balaban J connectivity index is 1.58. The van der Waals surface area contributed by atoms with Gasteiger partial charge in [-0.05, 0) is 44.7 Å². The van der Waals surface area contributed by atoms with Gasteiger partial charge in [-0.2, -0.15) is 0 Å². The maximum atomic E-state index is 12.5. The number of carbonyl (C=O) groups excluding carboxylic acids is 1. The second-order valence-corrected chi connectivity index (χ2v) is 8.17. The molecule has 0 spiro atoms. The van der Waals surface area contributed by atoms with Crippen molar-refractivity contribution in [3.05, 3.63) is 29.8 Å². The van der Waals surface area contributed by atoms with Gasteiger partial charge in [0, 0.05) is 11.6 Å². The van der Waals surface area contributed by atoms with Gasteiger partial charge in [0.15, 0.2) is 0 Å². The fraction of sp³-hybridized carbons (Fsp3) is 0.526. The van der Waals surface area contributed by atoms with Crippen molar-refractivity contribution in [2.24, 2.45) is 5.92 Å². The highest BCUT2D eigenvalue weighted by atomic mass is 32.2. The molecule has 3 rings (SSSR count). The molecular formula is C19H25N3O2S. The SMILES string of the molecule is Cc1ccc(-c2nnc(S[C@@H](C)C(=O)N[C@@H]3CCCC[C@@H]3C)o2)cc1. The van der Waals surface area contributed by atoms with Crippen molar-refractivity contribution >= 4 is 17.7 Å². The van der Waals surface area contributed by atoms with Gasteiger partial charge in [-0.25, -0.2) is 0 Å². The number of hydrogen-bond acceptors (Lipinski definition) is 5. The molecule has 1 aromatic carbocycles. The maximum absolute atomic E-state index is 12.5. The van der Waals surface area contributed by atoms with E-state index in [9.17, 15) is 4.79 Å². The zero-order valence-corrected chi connectivity index (χ0v) is 15.8. The van der Waals surface area contributed by atoms with Crippen LogP contribution in [-0.4, -0.2) is 27.4 Å². The Bertz CT molecular complexity index is 714. The van der Waals surface area contributed by atoms with Gasteiger partial charge in [-0.3, -0.25) is 4.79 Å². The van der Waals surface area contributed by atoms with Crippen molar-refractivity contribution in [2.75, 3.05) is 0 Å². The number of nitrogens with one attached hydrogen (secondary N) is 1. The monoisotopic (exact) mass is 359 g/mol. The number of nitrogens with zero attached hydrogens (tertiary/aromatic N) is 2. The molecule has 1 aromatic heterocycles. The highest BCUT2D eigenvalue weighted by Crippen LogP contribution is 2.28. The molecule has 2 aromatic rings. The fourth-order valence-corrected chi connectivity index (χ4v) is 3.80. The topological polar surface area (TPSA) is 68.0 Å². The summed E-state index contributed by atoms with van der Waals surface area (Å²) in [5.41, 5.74) is 2.07. The van der Waals surface area contributed by atoms with Crippen LogP contribution in [0.5, 0.6) is 0 Å². The molecule has 6 heteroatoms. The van der Waals surface area contributed by atoms with Crippen LogP contribution < -0.4 is 5.32 Å². The molecule has 1 saturated carbocycles. The predicted octanol–water partition coefficient (Wildman–Crippen LogP) is 4.22. The van der Waals surface area contributed by atoms with E-state index in [0.29, 0.717) is 17.0 Å². The van der Waals surface area contributed by atoms with Crippen LogP contribution in [0.2, 0.25) is 0 Å². The molecule has 134 valence electrons. The van der Waals surface area contributed by atoms with Crippen LogP contribution in [0, 0.1) is 12.8 Å². The average molecular weight is 359 g/mol. The summed E-state index contributed by atoms with van der Waals surface area (Å²) in [7, 11) is 0. The maximum Gasteiger partial charge on any atom is 0.277 e. The minimum atomic E-state index is -0.263. The largest absolute Gasteiger partial charge is 0.411 e. The van der Waals surface area contributed by atoms with Crippen LogP contribution in [0.1, 0.15) is 45.1 Å². The number of rotatable bonds is 5. The van der Waals surface area contributed by atoms with Crippen molar-refractivity contribution in [2.45, 2.75) is 63.0 Å². The summed E-state index contributed by atoms with van der Waals surface area (Å²) >= 11 is 1.31. The smallest absolute Gasteiger partial charge is 0.277 e. The Kier molecular flexibility index (Phi) is 5.78. The summed E-state index contributed by atoms with van der Waals surface area (Å²) in [4.78, 5) is 12.5. The zero-order chi connectivity index (χ0) is 17.8. The predicted molar refractivity (Wildman–Crippen MR) is 99.4 cm³/mol. The molecule has 0 radical (unpaired) electrons. The van der Waals surface area contributed by atoms with Gasteiger partial charge >= 0.3 is 0 Å². The first-order chi connectivity index (χ1) is 12.0. The normalized spacial score (nSPS) is 21.7. The Hall–Kier alpha value is -1.82. The lowest BCUT2D eigenvalue weighted by Crippen LogP contribution is -2.44. The van der Waals surface area contributed by atoms with Crippen LogP contribution in [0.3, 0.4) is 0 Å². The summed E-state index contributed by atoms with van der Waals surface area (Å²) in [5, 5.41) is 11.5. The number of hydrogen-bond donors (Lipinski definition) is 1. The molecule has 0 aliphatic heterocycles. The van der Waals surface area contributed by atoms with E-state index < -0.39 is 0 Å². The highest BCUT2D eigenvalue weighted by Gasteiger charge is 2.26. The molecule has 1 amide bonds. The van der Waals surface area contributed by atoms with Crippen LogP contribution >= 0.6 is 11.8 Å². The number of carbonyl (C=O) groups is 1. The minimum absolute atomic E-state index is 0.0406. The van der Waals surface area contributed by atoms with Gasteiger partial charge in [-0.15, -0.1) is 10.2 Å². The third-order valence-corrected chi connectivity index (χ3v) is 5.73. The third kappa shape index (κ3) is 4.63. The van der Waals surface area contributed by atoms with Crippen molar-refractivity contribution < 1.29 is 9.21 Å². The van der Waals surface area contributed by atoms with Gasteiger partial charge in [0.1, 0.15) is 0 Å². The van der Waals surface area contributed by atoms with E-state index in [1.807, 2.05) is 38.1 Å². The van der Waals surface area contributed by atoms with E-state index in [0.717, 1.165) is 12.0 Å². The standard InChI is InChI=1S/C19H25N3O2S/c1-12-8-10-15(11-9-12)18-21-22-19(24-18)25-14(3)17(23)20-16-7-5-4-6-13(16)2/h8-11,13-14,16H,4-7H2,1-3H3,(H,20,23)/t13-,14-,16+/m0/s1. The van der Waals surface area contributed by atoms with Crippen molar-refractivity contribution in [1.29, 1.82) is 0 Å². The summed E-state index contributed by atoms with van der Waals surface area (Å²) in [5.74, 6) is 1.07. The Morgan fingerprint density at radius 3 is 2.68 bits per heavy atom. The molecule has 1 heterocycles. The van der Waals surface area contributed by atoms with E-state index >= 15 is 0 Å². The molecule has 1 fully saturated rings. The van der Waals surface area contributed by atoms with Crippen molar-refractivity contribution in [1.82, 2.24) is 15.5 Å². The van der Waals surface area contributed by atoms with Crippen LogP contribution in [0.25, 0.3) is 11.5 Å². The molecule has 1 aliphatic carbocycles. The summed E-state index contributed by atoms with van der Waals surface area (Å²) in [6.07, 6.45) is 4.72. The number of thioether (sulfide) groups is 1. The number of benzene rings is 1. The number of aryl methyl sites for hydroxylation is 1. The minimum Gasteiger partial charge on any atom is -0.411 e. The second-order valence-electron chi connectivity index (χ2n) is 6.88. The first kappa shape index (κ1) is 18.0. The lowest BCUT2D eigenvalue weighted by molar-refractivity contribution is -0.121. The second kappa shape index (κ2) is 8.04. The molecule has 1 N–H and O–H groups in total. The van der Waals surface area contributed by atoms with E-state index in [-0.39, 0.29) is 17.2 Å². The molecule has 0 bridgehead atoms. The molecule has 25 heavy (non-hydrogen) atoms. The van der Waals surface area contributed by atoms with Gasteiger partial charge < -0.3 is 9.73 Å². The first-order valence-electron chi connectivity index (χ1n) is 8.90. The molecule has 0 unspecified atom stereocenters. The first-order valence-corrected chi connectivity index (χ1v) is 9.78. The van der Waals surface area contributed by atoms with Gasteiger partial charge in [0.25, 0.3) is 5.22 Å². The van der Waals surface area contributed by atoms with E-state index in [1.165, 1.54) is 36.6 Å². The summed E-state index contributed by atoms with van der Waals surface area (Å²) in [6.45, 7) is 6.13. The number of amides is 1. The Morgan fingerprint density at radius 2 is 1.96 bits per heavy atom. The van der Waals surface area contributed by atoms with Crippen LogP contribution in [-0.2, 0) is 4.79 Å². The van der Waals surface area contributed by atoms with Gasteiger partial charge in [0.05, 0.1) is 5.25 Å². The average Bonchev–Trinajstić information content (AvgIpc) is 3.06. The fourth-order valence-electron chi connectivity index (χ4n) is 3.11. The van der Waals surface area contributed by atoms with Crippen molar-refractivity contribution in [3.8, 4) is 11.5 Å². The molecule has 0 saturated heterocycles. The van der Waals surface area contributed by atoms with Crippen LogP contribution in [0.4, 0.5) is 0 Å². The Labute approximate surface area is 153 Å². The summed E-state index contributed by atoms with van der Waals surface area (Å²) in [6, 6.07) is 8.22. The van der Waals surface area contributed by atoms with E-state index in [4.69, 9.17) is 4.42 Å². The van der Waals surface area contributed by atoms with E-state index in [2.05, 4.69) is 22.4 Å². The van der Waals surface area contributed by atoms with E-state index in [1.54, 1.807) is 0 Å². The Morgan fingerprint density at radius 1 is 1.24 bits per heavy atom. The quantitative estimate of drug-likeness (QED) is 0.810. The number of aromatic nitrogens is 2. The zero-order valence-electron chi connectivity index (χ0n) is 15.0. The molecule has 1 aliphatic rings. The lowest BCUT2D eigenvalue weighted by Gasteiger charge is -2.30. The highest BCUT2D eigenvalue weighted by molar-refractivity contribution is 8.00. The van der Waals surface area contributed by atoms with Crippen molar-refractivity contribution in [3.63, 3.8) is 0 Å². The third-order valence-electron chi connectivity index (χ3n) is 4.79.